The highest BCUT2D eigenvalue weighted by Gasteiger charge is 2.37. The molecule has 0 N–H and O–H groups in total. The molecule has 0 bridgehead atoms. The quantitative estimate of drug-likeness (QED) is 0.493. The van der Waals surface area contributed by atoms with Gasteiger partial charge in [0.15, 0.2) is 0 Å². The van der Waals surface area contributed by atoms with E-state index in [-0.39, 0.29) is 29.9 Å². The van der Waals surface area contributed by atoms with Gasteiger partial charge in [-0.1, -0.05) is 29.5 Å². The predicted molar refractivity (Wildman–Crippen MR) is 92.0 cm³/mol. The van der Waals surface area contributed by atoms with Gasteiger partial charge in [0, 0.05) is 23.1 Å². The van der Waals surface area contributed by atoms with Crippen LogP contribution in [-0.2, 0) is 6.54 Å². The summed E-state index contributed by atoms with van der Waals surface area (Å²) in [5.41, 5.74) is 0.530. The Morgan fingerprint density at radius 2 is 2.00 bits per heavy atom. The van der Waals surface area contributed by atoms with E-state index in [1.165, 1.54) is 21.8 Å². The van der Waals surface area contributed by atoms with Gasteiger partial charge in [0.1, 0.15) is 6.20 Å². The zero-order chi connectivity index (χ0) is 17.6. The Morgan fingerprint density at radius 3 is 2.68 bits per heavy atom. The normalized spacial score (nSPS) is 13.9. The van der Waals surface area contributed by atoms with Crippen molar-refractivity contribution in [1.29, 1.82) is 0 Å². The summed E-state index contributed by atoms with van der Waals surface area (Å²) in [6.45, 7) is 0.216. The minimum Gasteiger partial charge on any atom is -0.358 e. The Hall–Kier alpha value is -3.01. The standard InChI is InChI=1S/C15H13N5O4S/c21-19(22)12-4-2-1-3-10(12)9-18(11-5-6-11)13-14(20(23)24)17-7-8-25-15(17)16-13/h1-4,7-8,11H,5-6,9H2. The lowest BCUT2D eigenvalue weighted by Gasteiger charge is -2.21. The average Bonchev–Trinajstić information content (AvgIpc) is 3.20. The topological polar surface area (TPSA) is 107 Å². The molecule has 0 aliphatic heterocycles. The van der Waals surface area contributed by atoms with Gasteiger partial charge < -0.3 is 15.0 Å². The Balaban J connectivity index is 1.79. The zero-order valence-electron chi connectivity index (χ0n) is 12.9. The van der Waals surface area contributed by atoms with Crippen molar-refractivity contribution in [2.24, 2.45) is 0 Å². The fraction of sp³-hybridized carbons (Fsp3) is 0.267. The van der Waals surface area contributed by atoms with E-state index in [1.54, 1.807) is 29.8 Å². The van der Waals surface area contributed by atoms with Crippen LogP contribution in [0.2, 0.25) is 0 Å². The molecule has 0 spiro atoms. The van der Waals surface area contributed by atoms with Crippen LogP contribution in [0.3, 0.4) is 0 Å². The molecule has 1 aliphatic rings. The van der Waals surface area contributed by atoms with E-state index < -0.39 is 9.85 Å². The number of anilines is 1. The molecular weight excluding hydrogens is 346 g/mol. The number of nitro benzene ring substituents is 1. The maximum absolute atomic E-state index is 11.6. The summed E-state index contributed by atoms with van der Waals surface area (Å²) in [4.78, 5) is 28.7. The first kappa shape index (κ1) is 15.5. The molecule has 0 unspecified atom stereocenters. The highest BCUT2D eigenvalue weighted by molar-refractivity contribution is 7.15. The second-order valence-corrected chi connectivity index (χ2v) is 6.69. The number of fused-ring (bicyclic) bond motifs is 1. The van der Waals surface area contributed by atoms with E-state index in [0.29, 0.717) is 10.5 Å². The first-order valence-corrected chi connectivity index (χ1v) is 8.53. The Labute approximate surface area is 145 Å². The number of nitrogens with zero attached hydrogens (tertiary/aromatic N) is 5. The fourth-order valence-electron chi connectivity index (χ4n) is 2.89. The van der Waals surface area contributed by atoms with Gasteiger partial charge in [-0.05, 0) is 17.8 Å². The van der Waals surface area contributed by atoms with Crippen molar-refractivity contribution in [3.8, 4) is 0 Å². The van der Waals surface area contributed by atoms with Crippen LogP contribution >= 0.6 is 11.3 Å². The van der Waals surface area contributed by atoms with Crippen molar-refractivity contribution >= 4 is 33.6 Å². The van der Waals surface area contributed by atoms with Gasteiger partial charge in [-0.2, -0.15) is 9.38 Å². The minimum atomic E-state index is -0.448. The summed E-state index contributed by atoms with van der Waals surface area (Å²) < 4.78 is 1.45. The van der Waals surface area contributed by atoms with Crippen molar-refractivity contribution in [3.63, 3.8) is 0 Å². The molecule has 128 valence electrons. The van der Waals surface area contributed by atoms with Crippen LogP contribution in [-0.4, -0.2) is 25.3 Å². The van der Waals surface area contributed by atoms with Gasteiger partial charge >= 0.3 is 5.82 Å². The van der Waals surface area contributed by atoms with Crippen molar-refractivity contribution in [2.45, 2.75) is 25.4 Å². The van der Waals surface area contributed by atoms with Crippen molar-refractivity contribution < 1.29 is 9.85 Å². The summed E-state index contributed by atoms with van der Waals surface area (Å²) >= 11 is 1.32. The summed E-state index contributed by atoms with van der Waals surface area (Å²) in [6, 6.07) is 6.58. The Morgan fingerprint density at radius 1 is 1.24 bits per heavy atom. The minimum absolute atomic E-state index is 0.0109. The van der Waals surface area contributed by atoms with Crippen molar-refractivity contribution in [1.82, 2.24) is 9.38 Å². The van der Waals surface area contributed by atoms with E-state index in [2.05, 4.69) is 4.98 Å². The molecule has 0 amide bonds. The summed E-state index contributed by atoms with van der Waals surface area (Å²) in [5, 5.41) is 24.6. The van der Waals surface area contributed by atoms with Gasteiger partial charge in [0.05, 0.1) is 11.5 Å². The van der Waals surface area contributed by atoms with Gasteiger partial charge in [0.2, 0.25) is 5.82 Å². The lowest BCUT2D eigenvalue weighted by Crippen LogP contribution is -2.26. The van der Waals surface area contributed by atoms with Crippen molar-refractivity contribution in [3.05, 3.63) is 61.6 Å². The van der Waals surface area contributed by atoms with Crippen LogP contribution in [0.4, 0.5) is 17.3 Å². The third-order valence-corrected chi connectivity index (χ3v) is 4.94. The second-order valence-electron chi connectivity index (χ2n) is 5.82. The molecule has 0 radical (unpaired) electrons. The Kier molecular flexibility index (Phi) is 3.61. The van der Waals surface area contributed by atoms with Crippen LogP contribution in [0.25, 0.3) is 4.96 Å². The molecule has 10 heteroatoms. The molecule has 2 aromatic heterocycles. The van der Waals surface area contributed by atoms with Crippen LogP contribution in [0.15, 0.2) is 35.8 Å². The molecule has 1 saturated carbocycles. The predicted octanol–water partition coefficient (Wildman–Crippen LogP) is 3.38. The second kappa shape index (κ2) is 5.81. The SMILES string of the molecule is O=[N+]([O-])c1ccccc1CN(c1nc2sccn2c1[N+](=O)[O-])C1CC1. The number of benzene rings is 1. The molecule has 3 aromatic rings. The number of imidazole rings is 1. The highest BCUT2D eigenvalue weighted by atomic mass is 32.1. The molecule has 25 heavy (non-hydrogen) atoms. The molecular formula is C15H13N5O4S. The molecule has 2 heterocycles. The van der Waals surface area contributed by atoms with Crippen LogP contribution in [0.5, 0.6) is 0 Å². The van der Waals surface area contributed by atoms with Crippen molar-refractivity contribution in [2.75, 3.05) is 4.90 Å². The van der Waals surface area contributed by atoms with Gasteiger partial charge in [-0.25, -0.2) is 0 Å². The monoisotopic (exact) mass is 359 g/mol. The van der Waals surface area contributed by atoms with Crippen LogP contribution < -0.4 is 4.90 Å². The maximum Gasteiger partial charge on any atom is 0.373 e. The lowest BCUT2D eigenvalue weighted by molar-refractivity contribution is -0.389. The van der Waals surface area contributed by atoms with Gasteiger partial charge in [0.25, 0.3) is 10.6 Å². The van der Waals surface area contributed by atoms with Gasteiger partial charge in [-0.15, -0.1) is 0 Å². The number of hydrogen-bond acceptors (Lipinski definition) is 7. The average molecular weight is 359 g/mol. The van der Waals surface area contributed by atoms with E-state index in [0.717, 1.165) is 12.8 Å². The number of thiazole rings is 1. The molecule has 9 nitrogen and oxygen atoms in total. The lowest BCUT2D eigenvalue weighted by atomic mass is 10.1. The largest absolute Gasteiger partial charge is 0.373 e. The van der Waals surface area contributed by atoms with Crippen LogP contribution in [0.1, 0.15) is 18.4 Å². The highest BCUT2D eigenvalue weighted by Crippen LogP contribution is 2.39. The molecule has 4 rings (SSSR count). The zero-order valence-corrected chi connectivity index (χ0v) is 13.8. The third-order valence-electron chi connectivity index (χ3n) is 4.18. The molecule has 0 atom stereocenters. The summed E-state index contributed by atoms with van der Waals surface area (Å²) in [5.74, 6) is 0.180. The van der Waals surface area contributed by atoms with E-state index in [1.807, 2.05) is 4.90 Å². The number of rotatable bonds is 6. The molecule has 0 saturated heterocycles. The molecule has 1 aliphatic carbocycles. The molecule has 1 fully saturated rings. The van der Waals surface area contributed by atoms with E-state index in [4.69, 9.17) is 0 Å². The summed E-state index contributed by atoms with van der Waals surface area (Å²) in [6.07, 6.45) is 3.40. The number of hydrogen-bond donors (Lipinski definition) is 0. The first-order chi connectivity index (χ1) is 12.1. The number of nitro groups is 2. The fourth-order valence-corrected chi connectivity index (χ4v) is 3.60. The van der Waals surface area contributed by atoms with Crippen LogP contribution in [0, 0.1) is 20.2 Å². The number of aromatic nitrogens is 2. The van der Waals surface area contributed by atoms with Gasteiger partial charge in [-0.3, -0.25) is 10.1 Å². The summed E-state index contributed by atoms with van der Waals surface area (Å²) in [7, 11) is 0. The Bertz CT molecular complexity index is 977. The maximum atomic E-state index is 11.6. The first-order valence-electron chi connectivity index (χ1n) is 7.65. The molecule has 1 aromatic carbocycles. The number of para-hydroxylation sites is 1. The van der Waals surface area contributed by atoms with E-state index in [9.17, 15) is 20.2 Å². The smallest absolute Gasteiger partial charge is 0.358 e. The van der Waals surface area contributed by atoms with E-state index >= 15 is 0 Å². The third kappa shape index (κ3) is 2.70.